The minimum Gasteiger partial charge on any atom is -0.444 e. The molecule has 0 saturated carbocycles. The number of primary amides is 1. The fourth-order valence-corrected chi connectivity index (χ4v) is 5.97. The maximum atomic E-state index is 13.6. The number of carbonyl (C=O) groups excluding carboxylic acids is 4. The Hall–Kier alpha value is -3.65. The number of piperazine rings is 1. The lowest BCUT2D eigenvalue weighted by Crippen LogP contribution is -2.59. The number of nitrogens with two attached hydrogens (primary N) is 1. The highest BCUT2D eigenvalue weighted by molar-refractivity contribution is 5.93. The summed E-state index contributed by atoms with van der Waals surface area (Å²) >= 11 is 0. The van der Waals surface area contributed by atoms with Crippen molar-refractivity contribution < 1.29 is 23.9 Å². The number of nitrogens with one attached hydrogen (secondary N) is 1. The molecule has 0 aromatic heterocycles. The minimum absolute atomic E-state index is 0.0362. The first-order chi connectivity index (χ1) is 18.3. The number of ether oxygens (including phenoxy) is 1. The average Bonchev–Trinajstić information content (AvgIpc) is 3.53. The Morgan fingerprint density at radius 1 is 1.18 bits per heavy atom. The van der Waals surface area contributed by atoms with E-state index in [9.17, 15) is 24.4 Å². The maximum Gasteiger partial charge on any atom is 0.408 e. The van der Waals surface area contributed by atoms with Crippen molar-refractivity contribution in [1.29, 1.82) is 5.26 Å². The topological polar surface area (TPSA) is 149 Å². The summed E-state index contributed by atoms with van der Waals surface area (Å²) in [6.45, 7) is 10.3. The number of likely N-dealkylation sites (tertiary alicyclic amines) is 3. The third kappa shape index (κ3) is 6.01. The number of alkyl carbamates (subject to hydrolysis) is 1. The molecule has 6 atom stereocenters. The second kappa shape index (κ2) is 10.8. The van der Waals surface area contributed by atoms with Crippen molar-refractivity contribution in [3.8, 4) is 6.07 Å². The van der Waals surface area contributed by atoms with Crippen molar-refractivity contribution in [2.45, 2.75) is 83.3 Å². The fraction of sp³-hybridized carbons (Fsp3) is 0.607. The third-order valence-electron chi connectivity index (χ3n) is 7.76. The van der Waals surface area contributed by atoms with E-state index in [1.165, 1.54) is 4.90 Å². The summed E-state index contributed by atoms with van der Waals surface area (Å²) in [6.07, 6.45) is 0.492. The molecule has 11 nitrogen and oxygen atoms in total. The first-order valence-electron chi connectivity index (χ1n) is 13.4. The number of nitriles is 1. The van der Waals surface area contributed by atoms with E-state index in [0.717, 1.165) is 5.56 Å². The Balaban J connectivity index is 1.48. The first-order valence-corrected chi connectivity index (χ1v) is 13.4. The van der Waals surface area contributed by atoms with Crippen LogP contribution in [-0.2, 0) is 14.3 Å². The van der Waals surface area contributed by atoms with Gasteiger partial charge in [0.2, 0.25) is 17.7 Å². The van der Waals surface area contributed by atoms with Crippen LogP contribution < -0.4 is 11.1 Å². The molecule has 39 heavy (non-hydrogen) atoms. The van der Waals surface area contributed by atoms with E-state index < -0.39 is 35.7 Å². The number of hydrogen-bond donors (Lipinski definition) is 2. The number of fused-ring (bicyclic) bond motifs is 2. The number of carbonyl (C=O) groups is 4. The van der Waals surface area contributed by atoms with Crippen molar-refractivity contribution in [2.24, 2.45) is 11.7 Å². The molecule has 3 aliphatic heterocycles. The minimum atomic E-state index is -0.958. The van der Waals surface area contributed by atoms with Crippen molar-refractivity contribution >= 4 is 23.8 Å². The highest BCUT2D eigenvalue weighted by Crippen LogP contribution is 2.38. The zero-order valence-electron chi connectivity index (χ0n) is 23.2. The Morgan fingerprint density at radius 3 is 2.41 bits per heavy atom. The van der Waals surface area contributed by atoms with Crippen LogP contribution in [0.4, 0.5) is 4.79 Å². The van der Waals surface area contributed by atoms with Gasteiger partial charge in [-0.25, -0.2) is 4.79 Å². The lowest BCUT2D eigenvalue weighted by Gasteiger charge is -2.39. The predicted octanol–water partition coefficient (Wildman–Crippen LogP) is 1.79. The van der Waals surface area contributed by atoms with Gasteiger partial charge in [-0.1, -0.05) is 19.1 Å². The van der Waals surface area contributed by atoms with Crippen molar-refractivity contribution in [3.05, 3.63) is 35.4 Å². The van der Waals surface area contributed by atoms with E-state index in [1.807, 2.05) is 35.8 Å². The lowest BCUT2D eigenvalue weighted by molar-refractivity contribution is -0.141. The number of amides is 4. The molecule has 1 aromatic rings. The van der Waals surface area contributed by atoms with E-state index in [-0.39, 0.29) is 36.4 Å². The molecule has 3 N–H and O–H groups in total. The van der Waals surface area contributed by atoms with Crippen LogP contribution in [0.15, 0.2) is 24.3 Å². The van der Waals surface area contributed by atoms with Gasteiger partial charge in [-0.2, -0.15) is 5.26 Å². The van der Waals surface area contributed by atoms with Crippen LogP contribution in [0.5, 0.6) is 0 Å². The molecule has 2 bridgehead atoms. The van der Waals surface area contributed by atoms with Gasteiger partial charge < -0.3 is 25.6 Å². The summed E-state index contributed by atoms with van der Waals surface area (Å²) < 4.78 is 5.42. The molecule has 11 heteroatoms. The first kappa shape index (κ1) is 28.4. The molecule has 1 aromatic carbocycles. The van der Waals surface area contributed by atoms with E-state index in [0.29, 0.717) is 31.5 Å². The maximum absolute atomic E-state index is 13.6. The zero-order valence-corrected chi connectivity index (χ0v) is 23.2. The summed E-state index contributed by atoms with van der Waals surface area (Å²) in [7, 11) is 0. The molecule has 3 fully saturated rings. The van der Waals surface area contributed by atoms with Crippen LogP contribution in [0.3, 0.4) is 0 Å². The van der Waals surface area contributed by atoms with E-state index in [4.69, 9.17) is 10.5 Å². The largest absolute Gasteiger partial charge is 0.444 e. The Kier molecular flexibility index (Phi) is 7.89. The van der Waals surface area contributed by atoms with E-state index in [2.05, 4.69) is 11.4 Å². The second-order valence-electron chi connectivity index (χ2n) is 11.9. The molecule has 0 aliphatic carbocycles. The molecule has 3 heterocycles. The molecule has 0 spiro atoms. The van der Waals surface area contributed by atoms with Crippen molar-refractivity contribution in [1.82, 2.24) is 20.0 Å². The van der Waals surface area contributed by atoms with Crippen LogP contribution in [0.1, 0.15) is 69.4 Å². The number of nitrogens with zero attached hydrogens (tertiary/aromatic N) is 4. The second-order valence-corrected chi connectivity index (χ2v) is 11.9. The molecule has 4 rings (SSSR count). The van der Waals surface area contributed by atoms with Gasteiger partial charge in [-0.15, -0.1) is 0 Å². The summed E-state index contributed by atoms with van der Waals surface area (Å²) in [6, 6.07) is 6.97. The molecule has 210 valence electrons. The van der Waals surface area contributed by atoms with Gasteiger partial charge in [0, 0.05) is 31.2 Å². The summed E-state index contributed by atoms with van der Waals surface area (Å²) in [4.78, 5) is 56.5. The molecule has 3 saturated heterocycles. The normalized spacial score (nSPS) is 26.3. The Bertz CT molecular complexity index is 1170. The molecule has 4 amide bonds. The third-order valence-corrected chi connectivity index (χ3v) is 7.76. The van der Waals surface area contributed by atoms with Crippen LogP contribution in [0.2, 0.25) is 0 Å². The lowest BCUT2D eigenvalue weighted by atomic mass is 10.0. The number of benzene rings is 1. The molecule has 3 aliphatic rings. The van der Waals surface area contributed by atoms with Crippen LogP contribution in [0.25, 0.3) is 0 Å². The Morgan fingerprint density at radius 2 is 1.85 bits per heavy atom. The number of rotatable bonds is 7. The van der Waals surface area contributed by atoms with Gasteiger partial charge in [0.25, 0.3) is 0 Å². The van der Waals surface area contributed by atoms with Crippen molar-refractivity contribution in [2.75, 3.05) is 19.6 Å². The van der Waals surface area contributed by atoms with E-state index in [1.54, 1.807) is 32.9 Å². The number of hydrogen-bond acceptors (Lipinski definition) is 7. The van der Waals surface area contributed by atoms with Gasteiger partial charge >= 0.3 is 6.09 Å². The van der Waals surface area contributed by atoms with Gasteiger partial charge in [0.15, 0.2) is 0 Å². The van der Waals surface area contributed by atoms with E-state index >= 15 is 0 Å². The smallest absolute Gasteiger partial charge is 0.408 e. The highest BCUT2D eigenvalue weighted by atomic mass is 16.6. The predicted molar refractivity (Wildman–Crippen MR) is 142 cm³/mol. The van der Waals surface area contributed by atoms with Gasteiger partial charge in [-0.3, -0.25) is 19.3 Å². The average molecular weight is 539 g/mol. The van der Waals surface area contributed by atoms with Gasteiger partial charge in [0.1, 0.15) is 17.7 Å². The molecule has 0 radical (unpaired) electrons. The summed E-state index contributed by atoms with van der Waals surface area (Å²) in [5, 5.41) is 12.3. The molecule has 4 unspecified atom stereocenters. The summed E-state index contributed by atoms with van der Waals surface area (Å²) in [5.74, 6) is -0.704. The molecular weight excluding hydrogens is 500 g/mol. The van der Waals surface area contributed by atoms with Crippen LogP contribution in [-0.4, -0.2) is 87.9 Å². The fourth-order valence-electron chi connectivity index (χ4n) is 5.97. The highest BCUT2D eigenvalue weighted by Gasteiger charge is 2.52. The Labute approximate surface area is 229 Å². The standard InChI is InChI=1S/C28H38N6O5/c1-16-10-20(12-29)33(13-16)25(36)22(31-27(38)39-28(3,4)5)15-32-14-21-11-23(32)26(37)34(21)17(2)18-6-8-19(9-7-18)24(30)35/h6-9,16-17,20-23H,10-11,13-15H2,1-5H3,(H2,30,35)(H,31,38)/t16?,17-,20?,21-,22?,23?/m0/s1. The molecular formula is C28H38N6O5. The van der Waals surface area contributed by atoms with Gasteiger partial charge in [0.05, 0.1) is 18.2 Å². The van der Waals surface area contributed by atoms with Crippen molar-refractivity contribution in [3.63, 3.8) is 0 Å². The van der Waals surface area contributed by atoms with Crippen LogP contribution >= 0.6 is 0 Å². The van der Waals surface area contributed by atoms with Gasteiger partial charge in [-0.05, 0) is 64.2 Å². The monoisotopic (exact) mass is 538 g/mol. The zero-order chi connectivity index (χ0) is 28.6. The summed E-state index contributed by atoms with van der Waals surface area (Å²) in [5.41, 5.74) is 5.91. The quantitative estimate of drug-likeness (QED) is 0.537. The SMILES string of the molecule is CC1CC(C#N)N(C(=O)C(CN2C[C@@H]3CC2C(=O)N3[C@@H](C)c2ccc(C(N)=O)cc2)NC(=O)OC(C)(C)C)C1. The van der Waals surface area contributed by atoms with Crippen LogP contribution in [0, 0.1) is 17.2 Å².